The maximum Gasteiger partial charge on any atom is 0.166 e. The van der Waals surface area contributed by atoms with Crippen molar-refractivity contribution in [2.45, 2.75) is 32.7 Å². The lowest BCUT2D eigenvalue weighted by atomic mass is 9.83. The molecule has 2 saturated heterocycles. The van der Waals surface area contributed by atoms with E-state index < -0.39 is 0 Å². The van der Waals surface area contributed by atoms with Gasteiger partial charge in [-0.1, -0.05) is 32.4 Å². The molecule has 0 bridgehead atoms. The molecular formula is C20H23ClN6S. The van der Waals surface area contributed by atoms with E-state index >= 15 is 0 Å². The molecule has 6 nitrogen and oxygen atoms in total. The number of nitrogens with zero attached hydrogens (tertiary/aromatic N) is 6. The van der Waals surface area contributed by atoms with Crippen molar-refractivity contribution in [3.63, 3.8) is 0 Å². The quantitative estimate of drug-likeness (QED) is 0.650. The van der Waals surface area contributed by atoms with Gasteiger partial charge in [0, 0.05) is 41.6 Å². The molecule has 1 spiro atoms. The van der Waals surface area contributed by atoms with E-state index in [4.69, 9.17) is 21.6 Å². The van der Waals surface area contributed by atoms with Crippen molar-refractivity contribution in [1.82, 2.24) is 24.5 Å². The van der Waals surface area contributed by atoms with Crippen LogP contribution in [0.15, 0.2) is 24.7 Å². The fourth-order valence-corrected chi connectivity index (χ4v) is 5.11. The Bertz CT molecular complexity index is 1040. The van der Waals surface area contributed by atoms with Crippen molar-refractivity contribution in [3.05, 3.63) is 41.2 Å². The van der Waals surface area contributed by atoms with Gasteiger partial charge in [0.2, 0.25) is 0 Å². The lowest BCUT2D eigenvalue weighted by molar-refractivity contribution is 0.271. The number of thioether (sulfide) groups is 1. The highest BCUT2D eigenvalue weighted by molar-refractivity contribution is 8.00. The van der Waals surface area contributed by atoms with Crippen LogP contribution in [0.25, 0.3) is 11.2 Å². The van der Waals surface area contributed by atoms with Gasteiger partial charge in [-0.05, 0) is 12.1 Å². The molecule has 3 aromatic heterocycles. The third-order valence-electron chi connectivity index (χ3n) is 5.44. The van der Waals surface area contributed by atoms with E-state index in [1.165, 1.54) is 11.5 Å². The molecule has 0 atom stereocenters. The Hall–Kier alpha value is -1.86. The second-order valence-electron chi connectivity index (χ2n) is 8.95. The lowest BCUT2D eigenvalue weighted by Gasteiger charge is -2.55. The van der Waals surface area contributed by atoms with Crippen molar-refractivity contribution in [2.75, 3.05) is 29.5 Å². The fourth-order valence-electron chi connectivity index (χ4n) is 3.78. The number of hydrogen-bond acceptors (Lipinski definition) is 6. The molecule has 5 heterocycles. The van der Waals surface area contributed by atoms with Gasteiger partial charge in [-0.3, -0.25) is 4.98 Å². The minimum atomic E-state index is -0.143. The zero-order chi connectivity index (χ0) is 19.5. The maximum absolute atomic E-state index is 6.32. The van der Waals surface area contributed by atoms with E-state index in [2.05, 4.69) is 35.6 Å². The lowest BCUT2D eigenvalue weighted by Crippen LogP contribution is -2.63. The Labute approximate surface area is 173 Å². The van der Waals surface area contributed by atoms with Gasteiger partial charge in [-0.15, -0.1) is 0 Å². The minimum Gasteiger partial charge on any atom is -0.353 e. The van der Waals surface area contributed by atoms with E-state index in [1.54, 1.807) is 6.20 Å². The van der Waals surface area contributed by atoms with Gasteiger partial charge in [0.25, 0.3) is 0 Å². The molecule has 5 rings (SSSR count). The summed E-state index contributed by atoms with van der Waals surface area (Å²) in [6.07, 6.45) is 3.59. The van der Waals surface area contributed by atoms with Gasteiger partial charge in [-0.2, -0.15) is 11.8 Å². The Kier molecular flexibility index (Phi) is 4.11. The molecule has 0 amide bonds. The summed E-state index contributed by atoms with van der Waals surface area (Å²) < 4.78 is 2.03. The molecule has 0 unspecified atom stereocenters. The number of rotatable bonds is 3. The minimum absolute atomic E-state index is 0.143. The number of pyridine rings is 1. The summed E-state index contributed by atoms with van der Waals surface area (Å²) in [6.45, 7) is 9.11. The van der Waals surface area contributed by atoms with Gasteiger partial charge in [0.1, 0.15) is 5.82 Å². The van der Waals surface area contributed by atoms with Gasteiger partial charge < -0.3 is 9.47 Å². The third-order valence-corrected chi connectivity index (χ3v) is 7.42. The monoisotopic (exact) mass is 414 g/mol. The molecule has 0 aliphatic carbocycles. The highest BCUT2D eigenvalue weighted by Gasteiger charge is 2.49. The number of anilines is 1. The van der Waals surface area contributed by atoms with E-state index in [0.717, 1.165) is 41.6 Å². The van der Waals surface area contributed by atoms with Crippen LogP contribution in [0, 0.1) is 5.41 Å². The molecular weight excluding hydrogens is 392 g/mol. The highest BCUT2D eigenvalue weighted by atomic mass is 35.5. The predicted octanol–water partition coefficient (Wildman–Crippen LogP) is 3.77. The number of imidazole rings is 1. The smallest absolute Gasteiger partial charge is 0.166 e. The molecule has 8 heteroatoms. The summed E-state index contributed by atoms with van der Waals surface area (Å²) >= 11 is 8.36. The second kappa shape index (κ2) is 6.32. The van der Waals surface area contributed by atoms with Crippen molar-refractivity contribution in [3.8, 4) is 0 Å². The molecule has 2 fully saturated rings. The first-order valence-electron chi connectivity index (χ1n) is 9.50. The number of fused-ring (bicyclic) bond motifs is 1. The zero-order valence-corrected chi connectivity index (χ0v) is 17.9. The van der Waals surface area contributed by atoms with E-state index in [1.807, 2.05) is 34.8 Å². The molecule has 0 N–H and O–H groups in total. The topological polar surface area (TPSA) is 59.7 Å². The van der Waals surface area contributed by atoms with Gasteiger partial charge in [0.05, 0.1) is 23.6 Å². The average molecular weight is 415 g/mol. The molecule has 3 aromatic rings. The molecule has 0 radical (unpaired) electrons. The summed E-state index contributed by atoms with van der Waals surface area (Å²) in [5, 5.41) is 0.654. The number of halogens is 1. The standard InChI is InChI=1S/C20H23ClN6S/c1-19(2,3)18-24-16-15(17(25-18)27-8-20(9-27)10-28-11-20)23-12-26(16)7-14-13(21)5-4-6-22-14/h4-6,12H,7-11H2,1-3H3. The van der Waals surface area contributed by atoms with Crippen molar-refractivity contribution in [2.24, 2.45) is 5.41 Å². The largest absolute Gasteiger partial charge is 0.353 e. The molecule has 2 aliphatic rings. The summed E-state index contributed by atoms with van der Waals surface area (Å²) in [4.78, 5) is 21.3. The van der Waals surface area contributed by atoms with E-state index in [-0.39, 0.29) is 5.41 Å². The Morgan fingerprint density at radius 2 is 1.96 bits per heavy atom. The van der Waals surface area contributed by atoms with Crippen LogP contribution in [0.2, 0.25) is 5.02 Å². The maximum atomic E-state index is 6.32. The summed E-state index contributed by atoms with van der Waals surface area (Å²) in [5.41, 5.74) is 2.88. The summed E-state index contributed by atoms with van der Waals surface area (Å²) in [5.74, 6) is 4.32. The fraction of sp³-hybridized carbons (Fsp3) is 0.500. The van der Waals surface area contributed by atoms with Crippen LogP contribution in [0.5, 0.6) is 0 Å². The van der Waals surface area contributed by atoms with Crippen LogP contribution in [-0.2, 0) is 12.0 Å². The predicted molar refractivity (Wildman–Crippen MR) is 114 cm³/mol. The third kappa shape index (κ3) is 2.95. The summed E-state index contributed by atoms with van der Waals surface area (Å²) in [7, 11) is 0. The zero-order valence-electron chi connectivity index (χ0n) is 16.3. The normalized spacial score (nSPS) is 18.4. The van der Waals surface area contributed by atoms with E-state index in [9.17, 15) is 0 Å². The SMILES string of the molecule is CC(C)(C)c1nc(N2CC3(CSC3)C2)c2ncn(Cc3ncccc3Cl)c2n1. The van der Waals surface area contributed by atoms with Gasteiger partial charge >= 0.3 is 0 Å². The molecule has 28 heavy (non-hydrogen) atoms. The Morgan fingerprint density at radius 1 is 1.18 bits per heavy atom. The Morgan fingerprint density at radius 3 is 2.61 bits per heavy atom. The Balaban J connectivity index is 1.58. The van der Waals surface area contributed by atoms with Crippen LogP contribution < -0.4 is 4.90 Å². The average Bonchev–Trinajstić information content (AvgIpc) is 2.97. The molecule has 2 aliphatic heterocycles. The van der Waals surface area contributed by atoms with E-state index in [0.29, 0.717) is 17.0 Å². The van der Waals surface area contributed by atoms with Crippen LogP contribution in [0.4, 0.5) is 5.82 Å². The van der Waals surface area contributed by atoms with Crippen molar-refractivity contribution in [1.29, 1.82) is 0 Å². The van der Waals surface area contributed by atoms with Crippen LogP contribution >= 0.6 is 23.4 Å². The number of aromatic nitrogens is 5. The van der Waals surface area contributed by atoms with Crippen molar-refractivity contribution >= 4 is 40.3 Å². The van der Waals surface area contributed by atoms with Crippen molar-refractivity contribution < 1.29 is 0 Å². The summed E-state index contributed by atoms with van der Waals surface area (Å²) in [6, 6.07) is 3.70. The molecule has 146 valence electrons. The first kappa shape index (κ1) is 18.2. The van der Waals surface area contributed by atoms with Gasteiger partial charge in [0.15, 0.2) is 17.0 Å². The van der Waals surface area contributed by atoms with Crippen LogP contribution in [-0.4, -0.2) is 49.1 Å². The molecule has 0 aromatic carbocycles. The van der Waals surface area contributed by atoms with Crippen LogP contribution in [0.3, 0.4) is 0 Å². The van der Waals surface area contributed by atoms with Crippen LogP contribution in [0.1, 0.15) is 32.3 Å². The second-order valence-corrected chi connectivity index (χ2v) is 10.3. The van der Waals surface area contributed by atoms with Gasteiger partial charge in [-0.25, -0.2) is 15.0 Å². The first-order valence-corrected chi connectivity index (χ1v) is 11.0. The first-order chi connectivity index (χ1) is 13.3. The highest BCUT2D eigenvalue weighted by Crippen LogP contribution is 2.47. The molecule has 0 saturated carbocycles. The number of hydrogen-bond donors (Lipinski definition) is 0.